The van der Waals surface area contributed by atoms with Gasteiger partial charge in [-0.1, -0.05) is 182 Å². The van der Waals surface area contributed by atoms with Gasteiger partial charge < -0.3 is 4.48 Å². The summed E-state index contributed by atoms with van der Waals surface area (Å²) in [5, 5.41) is 0. The molecule has 0 aromatic heterocycles. The van der Waals surface area contributed by atoms with Crippen LogP contribution in [0.4, 0.5) is 0 Å². The molecule has 4 heteroatoms. The maximum absolute atomic E-state index is 2.70. The fraction of sp³-hybridized carbons (Fsp3) is 0.265. The standard InChI is InChI=1S/C49H57N4/c1-53(42-48-28-16-6-17-29-48,43-49-30-18-7-19-31-49)37-36-51(39-45-22-10-3-11-23-45)33-32-50(38-44-20-8-2-9-21-44)34-35-52(40-46-24-12-4-13-25-46)41-47-26-14-5-15-27-47/h2-31H,32-43H2,1H3/q+1. The Morgan fingerprint density at radius 2 is 0.547 bits per heavy atom. The quantitative estimate of drug-likeness (QED) is 0.0693. The van der Waals surface area contributed by atoms with Crippen LogP contribution in [0, 0.1) is 0 Å². The zero-order valence-electron chi connectivity index (χ0n) is 31.6. The molecule has 0 fully saturated rings. The Labute approximate surface area is 319 Å². The highest BCUT2D eigenvalue weighted by atomic mass is 15.3. The van der Waals surface area contributed by atoms with Crippen molar-refractivity contribution in [1.29, 1.82) is 0 Å². The van der Waals surface area contributed by atoms with Gasteiger partial charge in [0.25, 0.3) is 0 Å². The Balaban J connectivity index is 1.18. The third kappa shape index (κ3) is 13.3. The number of rotatable bonds is 21. The predicted molar refractivity (Wildman–Crippen MR) is 222 cm³/mol. The number of hydrogen-bond acceptors (Lipinski definition) is 3. The van der Waals surface area contributed by atoms with E-state index in [0.29, 0.717) is 0 Å². The summed E-state index contributed by atoms with van der Waals surface area (Å²) in [7, 11) is 2.44. The van der Waals surface area contributed by atoms with Gasteiger partial charge in [0.15, 0.2) is 0 Å². The van der Waals surface area contributed by atoms with Crippen molar-refractivity contribution in [2.24, 2.45) is 0 Å². The van der Waals surface area contributed by atoms with Gasteiger partial charge in [-0.15, -0.1) is 0 Å². The zero-order valence-corrected chi connectivity index (χ0v) is 31.6. The molecule has 272 valence electrons. The minimum Gasteiger partial charge on any atom is -0.317 e. The first kappa shape index (κ1) is 37.9. The Kier molecular flexibility index (Phi) is 14.6. The van der Waals surface area contributed by atoms with E-state index in [2.05, 4.69) is 204 Å². The van der Waals surface area contributed by atoms with Crippen LogP contribution in [-0.2, 0) is 39.3 Å². The molecule has 0 spiro atoms. The smallest absolute Gasteiger partial charge is 0.104 e. The summed E-state index contributed by atoms with van der Waals surface area (Å²) in [6.07, 6.45) is 0. The van der Waals surface area contributed by atoms with E-state index in [4.69, 9.17) is 0 Å². The number of benzene rings is 6. The first-order chi connectivity index (χ1) is 26.1. The molecule has 0 heterocycles. The van der Waals surface area contributed by atoms with Crippen molar-refractivity contribution in [3.63, 3.8) is 0 Å². The second-order valence-corrected chi connectivity index (χ2v) is 14.8. The van der Waals surface area contributed by atoms with E-state index in [-0.39, 0.29) is 0 Å². The van der Waals surface area contributed by atoms with Crippen molar-refractivity contribution < 1.29 is 4.48 Å². The van der Waals surface area contributed by atoms with Crippen molar-refractivity contribution >= 4 is 0 Å². The molecule has 0 aliphatic carbocycles. The van der Waals surface area contributed by atoms with Crippen LogP contribution >= 0.6 is 0 Å². The van der Waals surface area contributed by atoms with Crippen molar-refractivity contribution in [2.45, 2.75) is 39.3 Å². The van der Waals surface area contributed by atoms with Gasteiger partial charge in [-0.2, -0.15) is 0 Å². The van der Waals surface area contributed by atoms with Crippen molar-refractivity contribution in [1.82, 2.24) is 14.7 Å². The Morgan fingerprint density at radius 1 is 0.302 bits per heavy atom. The van der Waals surface area contributed by atoms with Crippen LogP contribution in [-0.4, -0.2) is 65.5 Å². The van der Waals surface area contributed by atoms with E-state index in [9.17, 15) is 0 Å². The highest BCUT2D eigenvalue weighted by Gasteiger charge is 2.25. The first-order valence-electron chi connectivity index (χ1n) is 19.3. The lowest BCUT2D eigenvalue weighted by molar-refractivity contribution is -0.935. The van der Waals surface area contributed by atoms with Gasteiger partial charge in [0.1, 0.15) is 13.1 Å². The lowest BCUT2D eigenvalue weighted by Gasteiger charge is -2.37. The van der Waals surface area contributed by atoms with Crippen LogP contribution in [0.3, 0.4) is 0 Å². The van der Waals surface area contributed by atoms with E-state index in [1.54, 1.807) is 0 Å². The molecule has 53 heavy (non-hydrogen) atoms. The molecule has 0 N–H and O–H groups in total. The van der Waals surface area contributed by atoms with E-state index >= 15 is 0 Å². The maximum atomic E-state index is 2.70. The number of hydrogen-bond donors (Lipinski definition) is 0. The molecule has 6 aromatic rings. The summed E-state index contributed by atoms with van der Waals surface area (Å²) in [6, 6.07) is 66.0. The Bertz CT molecular complexity index is 1750. The molecule has 0 radical (unpaired) electrons. The highest BCUT2D eigenvalue weighted by molar-refractivity contribution is 5.19. The summed E-state index contributed by atoms with van der Waals surface area (Å²) in [6.45, 7) is 11.9. The largest absolute Gasteiger partial charge is 0.317 e. The van der Waals surface area contributed by atoms with E-state index in [0.717, 1.165) is 83.0 Å². The monoisotopic (exact) mass is 701 g/mol. The van der Waals surface area contributed by atoms with Gasteiger partial charge >= 0.3 is 0 Å². The molecule has 0 aliphatic heterocycles. The van der Waals surface area contributed by atoms with E-state index in [1.807, 2.05) is 0 Å². The van der Waals surface area contributed by atoms with Gasteiger partial charge in [0.2, 0.25) is 0 Å². The average molecular weight is 702 g/mol. The molecule has 0 saturated heterocycles. The fourth-order valence-corrected chi connectivity index (χ4v) is 7.33. The second kappa shape index (κ2) is 20.4. The summed E-state index contributed by atoms with van der Waals surface area (Å²) in [5.74, 6) is 0. The lowest BCUT2D eigenvalue weighted by atomic mass is 10.1. The molecule has 6 rings (SSSR count). The topological polar surface area (TPSA) is 9.72 Å². The molecule has 0 atom stereocenters. The molecule has 6 aromatic carbocycles. The van der Waals surface area contributed by atoms with Crippen molar-refractivity contribution in [2.75, 3.05) is 46.3 Å². The molecule has 0 unspecified atom stereocenters. The minimum atomic E-state index is 0.939. The number of likely N-dealkylation sites (N-methyl/N-ethyl adjacent to an activating group) is 1. The van der Waals surface area contributed by atoms with E-state index < -0.39 is 0 Å². The first-order valence-corrected chi connectivity index (χ1v) is 19.3. The third-order valence-electron chi connectivity index (χ3n) is 10.2. The number of nitrogens with zero attached hydrogens (tertiary/aromatic N) is 4. The highest BCUT2D eigenvalue weighted by Crippen LogP contribution is 2.19. The summed E-state index contributed by atoms with van der Waals surface area (Å²) < 4.78 is 0.959. The summed E-state index contributed by atoms with van der Waals surface area (Å²) in [5.41, 5.74) is 8.25. The van der Waals surface area contributed by atoms with Crippen LogP contribution in [0.1, 0.15) is 33.4 Å². The van der Waals surface area contributed by atoms with Gasteiger partial charge in [-0.05, 0) is 22.3 Å². The van der Waals surface area contributed by atoms with Gasteiger partial charge in [0.05, 0.1) is 13.6 Å². The van der Waals surface area contributed by atoms with Gasteiger partial charge in [0, 0.05) is 70.0 Å². The molecule has 0 aliphatic rings. The maximum Gasteiger partial charge on any atom is 0.104 e. The third-order valence-corrected chi connectivity index (χ3v) is 10.2. The fourth-order valence-electron chi connectivity index (χ4n) is 7.33. The molecular formula is C49H57N4+. The van der Waals surface area contributed by atoms with Crippen LogP contribution in [0.2, 0.25) is 0 Å². The van der Waals surface area contributed by atoms with Crippen LogP contribution in [0.15, 0.2) is 182 Å². The Hall–Kier alpha value is -4.84. The van der Waals surface area contributed by atoms with Crippen LogP contribution < -0.4 is 0 Å². The summed E-state index contributed by atoms with van der Waals surface area (Å²) in [4.78, 5) is 7.99. The normalized spacial score (nSPS) is 11.8. The van der Waals surface area contributed by atoms with Crippen molar-refractivity contribution in [3.05, 3.63) is 215 Å². The van der Waals surface area contributed by atoms with Gasteiger partial charge in [-0.25, -0.2) is 0 Å². The molecular weight excluding hydrogens is 645 g/mol. The molecule has 0 bridgehead atoms. The van der Waals surface area contributed by atoms with Crippen LogP contribution in [0.25, 0.3) is 0 Å². The van der Waals surface area contributed by atoms with Gasteiger partial charge in [-0.3, -0.25) is 14.7 Å². The zero-order chi connectivity index (χ0) is 36.4. The number of quaternary nitrogens is 1. The molecule has 0 amide bonds. The predicted octanol–water partition coefficient (Wildman–Crippen LogP) is 9.54. The second-order valence-electron chi connectivity index (χ2n) is 14.8. The SMILES string of the molecule is C[N+](CCN(CCN(CCN(Cc1ccccc1)Cc1ccccc1)Cc1ccccc1)Cc1ccccc1)(Cc1ccccc1)Cc1ccccc1. The average Bonchev–Trinajstić information content (AvgIpc) is 3.20. The molecule has 0 saturated carbocycles. The lowest BCUT2D eigenvalue weighted by Crippen LogP contribution is -2.48. The minimum absolute atomic E-state index is 0.939. The van der Waals surface area contributed by atoms with Crippen molar-refractivity contribution in [3.8, 4) is 0 Å². The van der Waals surface area contributed by atoms with E-state index in [1.165, 1.54) is 33.4 Å². The molecule has 4 nitrogen and oxygen atoms in total. The van der Waals surface area contributed by atoms with Crippen LogP contribution in [0.5, 0.6) is 0 Å². The Morgan fingerprint density at radius 3 is 0.868 bits per heavy atom. The summed E-state index contributed by atoms with van der Waals surface area (Å²) >= 11 is 0.